The summed E-state index contributed by atoms with van der Waals surface area (Å²) >= 11 is 0. The molecule has 4 aromatic heterocycles. The van der Waals surface area contributed by atoms with Crippen molar-refractivity contribution in [1.82, 2.24) is 29.1 Å². The molecule has 6 heteroatoms. The van der Waals surface area contributed by atoms with Crippen LogP contribution in [-0.4, -0.2) is 29.1 Å². The highest BCUT2D eigenvalue weighted by Gasteiger charge is 2.51. The monoisotopic (exact) mass is 1410 g/mol. The van der Waals surface area contributed by atoms with Gasteiger partial charge in [0.15, 0.2) is 0 Å². The maximum atomic E-state index is 4.75. The van der Waals surface area contributed by atoms with Gasteiger partial charge >= 0.3 is 0 Å². The van der Waals surface area contributed by atoms with Gasteiger partial charge < -0.3 is 9.13 Å². The van der Waals surface area contributed by atoms with Crippen molar-refractivity contribution in [3.63, 3.8) is 0 Å². The molecule has 1 spiro atoms. The molecule has 0 amide bonds. The third kappa shape index (κ3) is 9.51. The number of benzene rings is 18. The Morgan fingerprint density at radius 1 is 0.171 bits per heavy atom. The third-order valence-electron chi connectivity index (χ3n) is 23.8. The predicted octanol–water partition coefficient (Wildman–Crippen LogP) is 26.7. The number of hydrogen-bond donors (Lipinski definition) is 0. The Hall–Kier alpha value is -14.7. The second kappa shape index (κ2) is 24.7. The first-order chi connectivity index (χ1) is 55.1. The molecule has 111 heavy (non-hydrogen) atoms. The average molecular weight is 1410 g/mol. The van der Waals surface area contributed by atoms with E-state index in [1.165, 1.54) is 171 Å². The Kier molecular flexibility index (Phi) is 13.9. The summed E-state index contributed by atoms with van der Waals surface area (Å²) in [5.41, 5.74) is 33.2. The molecule has 0 N–H and O–H groups in total. The highest BCUT2D eigenvalue weighted by molar-refractivity contribution is 6.25. The van der Waals surface area contributed by atoms with Gasteiger partial charge in [0.2, 0.25) is 0 Å². The topological polar surface area (TPSA) is 61.4 Å². The molecular formula is C105H64N6. The molecule has 0 unspecified atom stereocenters. The molecule has 24 rings (SSSR count). The van der Waals surface area contributed by atoms with E-state index in [9.17, 15) is 0 Å². The van der Waals surface area contributed by atoms with Crippen LogP contribution in [0.15, 0.2) is 389 Å². The summed E-state index contributed by atoms with van der Waals surface area (Å²) in [6.45, 7) is 0. The summed E-state index contributed by atoms with van der Waals surface area (Å²) in [4.78, 5) is 18.9. The average Bonchev–Trinajstić information content (AvgIpc) is 1.50. The van der Waals surface area contributed by atoms with Crippen LogP contribution in [0.25, 0.3) is 198 Å². The molecule has 0 fully saturated rings. The Labute approximate surface area is 639 Å². The first-order valence-corrected chi connectivity index (χ1v) is 38.0. The van der Waals surface area contributed by atoms with Gasteiger partial charge in [-0.25, -0.2) is 0 Å². The SMILES string of the molecule is c1ccc(-c2ccc(-n3c4ccccc4c4cc(-c5ccc(-c6ccc7c(c6)c6ccccc6c6nccnc76)cc5)ccc43)cc2)cc1.c1ccc2c(c1)-c1ccccc1C21c2ccccc2-c2ccc(-n3c4ccccc4c4cc(-c5ccc(-c6ccc7c(c6)c6ccccc6c6nccnc76)cc5)ccc43)cc21. The fourth-order valence-electron chi connectivity index (χ4n) is 18.8. The van der Waals surface area contributed by atoms with Crippen molar-refractivity contribution in [3.8, 4) is 89.3 Å². The first-order valence-electron chi connectivity index (χ1n) is 38.0. The zero-order valence-electron chi connectivity index (χ0n) is 60.1. The summed E-state index contributed by atoms with van der Waals surface area (Å²) in [7, 11) is 0. The Bertz CT molecular complexity index is 7490. The van der Waals surface area contributed by atoms with Gasteiger partial charge in [-0.2, -0.15) is 0 Å². The molecule has 0 saturated carbocycles. The van der Waals surface area contributed by atoms with Crippen LogP contribution in [0, 0.1) is 0 Å². The van der Waals surface area contributed by atoms with Crippen LogP contribution in [-0.2, 0) is 5.41 Å². The zero-order valence-corrected chi connectivity index (χ0v) is 60.1. The van der Waals surface area contributed by atoms with Crippen LogP contribution in [0.2, 0.25) is 0 Å². The van der Waals surface area contributed by atoms with E-state index in [1.54, 1.807) is 24.8 Å². The van der Waals surface area contributed by atoms with E-state index in [0.29, 0.717) is 0 Å². The van der Waals surface area contributed by atoms with Crippen molar-refractivity contribution in [2.75, 3.05) is 0 Å². The number of rotatable bonds is 7. The molecular weight excluding hydrogens is 1350 g/mol. The van der Waals surface area contributed by atoms with Gasteiger partial charge in [0.05, 0.1) is 49.5 Å². The highest BCUT2D eigenvalue weighted by atomic mass is 15.0. The van der Waals surface area contributed by atoms with Crippen molar-refractivity contribution in [2.24, 2.45) is 0 Å². The number of para-hydroxylation sites is 2. The fraction of sp³-hybridized carbons (Fsp3) is 0.00952. The van der Waals surface area contributed by atoms with Crippen molar-refractivity contribution in [1.29, 1.82) is 0 Å². The van der Waals surface area contributed by atoms with Crippen molar-refractivity contribution in [2.45, 2.75) is 5.41 Å². The summed E-state index contributed by atoms with van der Waals surface area (Å²) in [6.07, 6.45) is 7.12. The number of hydrogen-bond acceptors (Lipinski definition) is 4. The zero-order chi connectivity index (χ0) is 72.8. The van der Waals surface area contributed by atoms with Crippen LogP contribution in [0.4, 0.5) is 0 Å². The van der Waals surface area contributed by atoms with Gasteiger partial charge in [-0.3, -0.25) is 19.9 Å². The molecule has 0 atom stereocenters. The van der Waals surface area contributed by atoms with Crippen molar-refractivity contribution >= 4 is 109 Å². The van der Waals surface area contributed by atoms with Gasteiger partial charge in [0, 0.05) is 79.3 Å². The minimum absolute atomic E-state index is 0.392. The Balaban J connectivity index is 0.000000137. The lowest BCUT2D eigenvalue weighted by molar-refractivity contribution is 0.792. The second-order valence-corrected chi connectivity index (χ2v) is 29.5. The largest absolute Gasteiger partial charge is 0.309 e. The lowest BCUT2D eigenvalue weighted by Gasteiger charge is -2.30. The minimum Gasteiger partial charge on any atom is -0.309 e. The van der Waals surface area contributed by atoms with Gasteiger partial charge in [-0.15, -0.1) is 0 Å². The van der Waals surface area contributed by atoms with Crippen molar-refractivity contribution < 1.29 is 0 Å². The molecule has 2 aliphatic carbocycles. The molecule has 514 valence electrons. The standard InChI is InChI=1S/C59H35N3.C46H29N3/c1-2-16-47-41(11-1)49-33-38(25-28-48(49)58-57(47)60-31-32-61-58)36-21-23-37(24-22-36)39-26-30-56-50(34-39)46-15-6-10-20-55(46)62(56)40-27-29-45-44-14-5-9-19-53(44)59(54(45)35-40)51-17-7-3-12-42(51)43-13-4-8-18-52(43)59;1-2-8-30(9-3-1)31-18-22-36(23-19-31)49-43-13-7-6-11-38(43)42-29-35(21-25-44(42)49)33-16-14-32(15-17-33)34-20-24-40-41(28-34)37-10-4-5-12-39(37)45-46(40)48-27-26-47-45/h1-35H;1-29H. The normalized spacial score (nSPS) is 12.6. The smallest absolute Gasteiger partial charge is 0.0971 e. The molecule has 2 aliphatic rings. The van der Waals surface area contributed by atoms with Crippen LogP contribution >= 0.6 is 0 Å². The maximum Gasteiger partial charge on any atom is 0.0971 e. The van der Waals surface area contributed by atoms with Crippen LogP contribution < -0.4 is 0 Å². The highest BCUT2D eigenvalue weighted by Crippen LogP contribution is 2.63. The van der Waals surface area contributed by atoms with E-state index in [0.717, 1.165) is 49.3 Å². The first kappa shape index (κ1) is 62.5. The molecule has 18 aromatic carbocycles. The summed E-state index contributed by atoms with van der Waals surface area (Å²) in [6, 6.07) is 134. The fourth-order valence-corrected chi connectivity index (χ4v) is 18.8. The summed E-state index contributed by atoms with van der Waals surface area (Å²) < 4.78 is 4.85. The van der Waals surface area contributed by atoms with E-state index in [4.69, 9.17) is 15.0 Å². The Morgan fingerprint density at radius 2 is 0.459 bits per heavy atom. The van der Waals surface area contributed by atoms with Gasteiger partial charge in [-0.05, 0) is 194 Å². The summed E-state index contributed by atoms with van der Waals surface area (Å²) in [5, 5.41) is 14.3. The molecule has 22 aromatic rings. The lowest BCUT2D eigenvalue weighted by Crippen LogP contribution is -2.26. The molecule has 0 aliphatic heterocycles. The minimum atomic E-state index is -0.392. The van der Waals surface area contributed by atoms with E-state index < -0.39 is 5.41 Å². The quantitative estimate of drug-likeness (QED) is 0.149. The van der Waals surface area contributed by atoms with E-state index in [1.807, 2.05) is 0 Å². The Morgan fingerprint density at radius 3 is 0.901 bits per heavy atom. The molecule has 4 heterocycles. The second-order valence-electron chi connectivity index (χ2n) is 29.5. The number of fused-ring (bicyclic) bond motifs is 28. The molecule has 0 bridgehead atoms. The number of aromatic nitrogens is 6. The number of nitrogens with zero attached hydrogens (tertiary/aromatic N) is 6. The predicted molar refractivity (Wildman–Crippen MR) is 461 cm³/mol. The van der Waals surface area contributed by atoms with Gasteiger partial charge in [0.25, 0.3) is 0 Å². The summed E-state index contributed by atoms with van der Waals surface area (Å²) in [5.74, 6) is 0. The van der Waals surface area contributed by atoms with Crippen LogP contribution in [0.1, 0.15) is 22.3 Å². The third-order valence-corrected chi connectivity index (χ3v) is 23.8. The van der Waals surface area contributed by atoms with E-state index in [-0.39, 0.29) is 0 Å². The van der Waals surface area contributed by atoms with Gasteiger partial charge in [0.1, 0.15) is 0 Å². The molecule has 0 radical (unpaired) electrons. The maximum absolute atomic E-state index is 4.75. The van der Waals surface area contributed by atoms with Crippen LogP contribution in [0.5, 0.6) is 0 Å². The van der Waals surface area contributed by atoms with Gasteiger partial charge in [-0.1, -0.05) is 291 Å². The van der Waals surface area contributed by atoms with E-state index >= 15 is 0 Å². The molecule has 6 nitrogen and oxygen atoms in total. The van der Waals surface area contributed by atoms with Crippen LogP contribution in [0.3, 0.4) is 0 Å². The molecule has 0 saturated heterocycles. The van der Waals surface area contributed by atoms with E-state index in [2.05, 4.69) is 378 Å². The lowest BCUT2D eigenvalue weighted by atomic mass is 9.70. The van der Waals surface area contributed by atoms with Crippen molar-refractivity contribution in [3.05, 3.63) is 411 Å².